The summed E-state index contributed by atoms with van der Waals surface area (Å²) in [4.78, 5) is 42.2. The van der Waals surface area contributed by atoms with E-state index in [1.807, 2.05) is 42.6 Å². The third-order valence-corrected chi connectivity index (χ3v) is 5.55. The Morgan fingerprint density at radius 1 is 1.10 bits per heavy atom. The van der Waals surface area contributed by atoms with Crippen LogP contribution in [0.1, 0.15) is 27.3 Å². The number of benzene rings is 2. The Kier molecular flexibility index (Phi) is 5.90. The molecular weight excluding hydrogens is 414 g/mol. The molecule has 0 aliphatic carbocycles. The predicted octanol–water partition coefficient (Wildman–Crippen LogP) is 3.60. The van der Waals surface area contributed by atoms with Crippen LogP contribution in [0.2, 0.25) is 0 Å². The highest BCUT2D eigenvalue weighted by Crippen LogP contribution is 2.18. The molecule has 2 heterocycles. The van der Waals surface area contributed by atoms with Gasteiger partial charge in [0.25, 0.3) is 5.56 Å². The number of amides is 1. The SMILES string of the molecule is Cc1csc2nc(COC(=O)c3ccccc3NC(=O)Cc3ccccc3)cc(=O)n12. The van der Waals surface area contributed by atoms with Crippen LogP contribution in [0.5, 0.6) is 0 Å². The van der Waals surface area contributed by atoms with Crippen LogP contribution in [-0.2, 0) is 22.6 Å². The van der Waals surface area contributed by atoms with Crippen LogP contribution >= 0.6 is 11.3 Å². The molecule has 0 atom stereocenters. The normalized spacial score (nSPS) is 10.7. The fourth-order valence-corrected chi connectivity index (χ4v) is 4.03. The Labute approximate surface area is 182 Å². The Hall–Kier alpha value is -3.78. The number of fused-ring (bicyclic) bond motifs is 1. The average Bonchev–Trinajstić information content (AvgIpc) is 3.14. The van der Waals surface area contributed by atoms with Gasteiger partial charge in [0, 0.05) is 17.1 Å². The first-order valence-electron chi connectivity index (χ1n) is 9.58. The van der Waals surface area contributed by atoms with Gasteiger partial charge in [0.15, 0.2) is 4.96 Å². The molecule has 0 spiro atoms. The summed E-state index contributed by atoms with van der Waals surface area (Å²) in [6, 6.07) is 17.3. The van der Waals surface area contributed by atoms with Crippen molar-refractivity contribution in [2.45, 2.75) is 20.0 Å². The van der Waals surface area contributed by atoms with Gasteiger partial charge in [-0.2, -0.15) is 0 Å². The van der Waals surface area contributed by atoms with Crippen molar-refractivity contribution in [2.24, 2.45) is 0 Å². The molecule has 1 N–H and O–H groups in total. The third-order valence-electron chi connectivity index (χ3n) is 4.61. The van der Waals surface area contributed by atoms with Crippen LogP contribution in [0.15, 0.2) is 70.8 Å². The van der Waals surface area contributed by atoms with E-state index in [9.17, 15) is 14.4 Å². The lowest BCUT2D eigenvalue weighted by molar-refractivity contribution is -0.115. The first kappa shape index (κ1) is 20.5. The number of aromatic nitrogens is 2. The van der Waals surface area contributed by atoms with E-state index in [1.165, 1.54) is 21.8 Å². The van der Waals surface area contributed by atoms with Gasteiger partial charge in [0.05, 0.1) is 23.4 Å². The smallest absolute Gasteiger partial charge is 0.340 e. The second-order valence-corrected chi connectivity index (χ2v) is 7.75. The molecule has 1 amide bonds. The topological polar surface area (TPSA) is 89.8 Å². The van der Waals surface area contributed by atoms with Crippen molar-refractivity contribution in [1.29, 1.82) is 0 Å². The van der Waals surface area contributed by atoms with E-state index in [0.29, 0.717) is 16.3 Å². The number of hydrogen-bond acceptors (Lipinski definition) is 6. The molecule has 8 heteroatoms. The highest BCUT2D eigenvalue weighted by molar-refractivity contribution is 7.15. The molecular formula is C23H19N3O4S. The highest BCUT2D eigenvalue weighted by atomic mass is 32.1. The molecule has 156 valence electrons. The molecule has 0 fully saturated rings. The van der Waals surface area contributed by atoms with Crippen LogP contribution < -0.4 is 10.9 Å². The molecule has 0 radical (unpaired) electrons. The summed E-state index contributed by atoms with van der Waals surface area (Å²) in [5, 5.41) is 4.61. The van der Waals surface area contributed by atoms with Crippen LogP contribution in [0.4, 0.5) is 5.69 Å². The summed E-state index contributed by atoms with van der Waals surface area (Å²) < 4.78 is 6.88. The maximum absolute atomic E-state index is 12.6. The molecule has 0 saturated carbocycles. The zero-order valence-electron chi connectivity index (χ0n) is 16.7. The van der Waals surface area contributed by atoms with Crippen molar-refractivity contribution < 1.29 is 14.3 Å². The molecule has 2 aromatic carbocycles. The largest absolute Gasteiger partial charge is 0.456 e. The van der Waals surface area contributed by atoms with Crippen LogP contribution in [0.25, 0.3) is 4.96 Å². The maximum atomic E-state index is 12.6. The monoisotopic (exact) mass is 433 g/mol. The standard InChI is InChI=1S/C23H19N3O4S/c1-15-14-31-23-24-17(12-21(28)26(15)23)13-30-22(29)18-9-5-6-10-19(18)25-20(27)11-16-7-3-2-4-8-16/h2-10,12,14H,11,13H2,1H3,(H,25,27). The van der Waals surface area contributed by atoms with E-state index >= 15 is 0 Å². The third kappa shape index (κ3) is 4.70. The number of esters is 1. The first-order chi connectivity index (χ1) is 15.0. The number of aryl methyl sites for hydroxylation is 1. The van der Waals surface area contributed by atoms with Gasteiger partial charge in [-0.05, 0) is 24.6 Å². The van der Waals surface area contributed by atoms with Gasteiger partial charge in [0.1, 0.15) is 6.61 Å². The summed E-state index contributed by atoms with van der Waals surface area (Å²) in [6.07, 6.45) is 0.193. The fraction of sp³-hybridized carbons (Fsp3) is 0.130. The van der Waals surface area contributed by atoms with Gasteiger partial charge in [-0.1, -0.05) is 42.5 Å². The molecule has 4 aromatic rings. The van der Waals surface area contributed by atoms with E-state index in [2.05, 4.69) is 10.3 Å². The average molecular weight is 433 g/mol. The lowest BCUT2D eigenvalue weighted by atomic mass is 10.1. The van der Waals surface area contributed by atoms with Gasteiger partial charge >= 0.3 is 5.97 Å². The molecule has 0 aliphatic rings. The van der Waals surface area contributed by atoms with E-state index in [1.54, 1.807) is 24.3 Å². The van der Waals surface area contributed by atoms with Crippen LogP contribution in [0, 0.1) is 6.92 Å². The summed E-state index contributed by atoms with van der Waals surface area (Å²) >= 11 is 1.35. The number of carbonyl (C=O) groups is 2. The van der Waals surface area contributed by atoms with E-state index in [0.717, 1.165) is 11.3 Å². The Bertz CT molecular complexity index is 1310. The quantitative estimate of drug-likeness (QED) is 0.469. The molecule has 4 rings (SSSR count). The van der Waals surface area contributed by atoms with Gasteiger partial charge in [-0.15, -0.1) is 11.3 Å². The summed E-state index contributed by atoms with van der Waals surface area (Å²) in [6.45, 7) is 1.68. The zero-order valence-corrected chi connectivity index (χ0v) is 17.5. The fourth-order valence-electron chi connectivity index (χ4n) is 3.14. The van der Waals surface area contributed by atoms with Crippen molar-refractivity contribution in [2.75, 3.05) is 5.32 Å². The van der Waals surface area contributed by atoms with Crippen LogP contribution in [-0.4, -0.2) is 21.3 Å². The molecule has 7 nitrogen and oxygen atoms in total. The molecule has 0 unspecified atom stereocenters. The molecule has 2 aromatic heterocycles. The van der Waals surface area contributed by atoms with Crippen molar-refractivity contribution in [3.05, 3.63) is 98.9 Å². The summed E-state index contributed by atoms with van der Waals surface area (Å²) in [5.41, 5.74) is 2.42. The van der Waals surface area contributed by atoms with E-state index < -0.39 is 5.97 Å². The number of nitrogens with zero attached hydrogens (tertiary/aromatic N) is 2. The highest BCUT2D eigenvalue weighted by Gasteiger charge is 2.16. The number of hydrogen-bond donors (Lipinski definition) is 1. The number of anilines is 1. The van der Waals surface area contributed by atoms with Gasteiger partial charge in [0.2, 0.25) is 5.91 Å². The minimum absolute atomic E-state index is 0.145. The maximum Gasteiger partial charge on any atom is 0.340 e. The van der Waals surface area contributed by atoms with Gasteiger partial charge in [-0.25, -0.2) is 9.78 Å². The Morgan fingerprint density at radius 3 is 2.65 bits per heavy atom. The lowest BCUT2D eigenvalue weighted by Crippen LogP contribution is -2.18. The minimum Gasteiger partial charge on any atom is -0.456 e. The number of para-hydroxylation sites is 1. The number of carbonyl (C=O) groups excluding carboxylic acids is 2. The predicted molar refractivity (Wildman–Crippen MR) is 118 cm³/mol. The second kappa shape index (κ2) is 8.93. The van der Waals surface area contributed by atoms with E-state index in [-0.39, 0.29) is 30.1 Å². The van der Waals surface area contributed by atoms with Gasteiger partial charge < -0.3 is 10.1 Å². The molecule has 31 heavy (non-hydrogen) atoms. The van der Waals surface area contributed by atoms with Crippen molar-refractivity contribution in [3.8, 4) is 0 Å². The van der Waals surface area contributed by atoms with Gasteiger partial charge in [-0.3, -0.25) is 14.0 Å². The number of ether oxygens (including phenoxy) is 1. The van der Waals surface area contributed by atoms with Crippen molar-refractivity contribution >= 4 is 33.9 Å². The van der Waals surface area contributed by atoms with Crippen LogP contribution in [0.3, 0.4) is 0 Å². The Morgan fingerprint density at radius 2 is 1.84 bits per heavy atom. The summed E-state index contributed by atoms with van der Waals surface area (Å²) in [5.74, 6) is -0.848. The number of thiazole rings is 1. The Balaban J connectivity index is 1.45. The van der Waals surface area contributed by atoms with Crippen molar-refractivity contribution in [1.82, 2.24) is 9.38 Å². The van der Waals surface area contributed by atoms with E-state index in [4.69, 9.17) is 4.74 Å². The lowest BCUT2D eigenvalue weighted by Gasteiger charge is -2.11. The second-order valence-electron chi connectivity index (χ2n) is 6.91. The minimum atomic E-state index is -0.611. The van der Waals surface area contributed by atoms with Crippen molar-refractivity contribution in [3.63, 3.8) is 0 Å². The number of rotatable bonds is 6. The summed E-state index contributed by atoms with van der Waals surface area (Å²) in [7, 11) is 0. The first-order valence-corrected chi connectivity index (χ1v) is 10.5. The molecule has 0 bridgehead atoms. The molecule has 0 aliphatic heterocycles. The zero-order chi connectivity index (χ0) is 21.8. The number of nitrogens with one attached hydrogen (secondary N) is 1. The molecule has 0 saturated heterocycles.